The number of rotatable bonds is 11. The lowest BCUT2D eigenvalue weighted by molar-refractivity contribution is 0.274. The summed E-state index contributed by atoms with van der Waals surface area (Å²) >= 11 is 0. The third-order valence-corrected chi connectivity index (χ3v) is 3.96. The summed E-state index contributed by atoms with van der Waals surface area (Å²) < 4.78 is 16.5. The molecular weight excluding hydrogens is 382 g/mol. The Morgan fingerprint density at radius 1 is 1.18 bits per heavy atom. The Kier molecular flexibility index (Phi) is 10.2. The molecule has 9 nitrogen and oxygen atoms in total. The molecule has 1 atom stereocenters. The van der Waals surface area contributed by atoms with Crippen LogP contribution >= 0.6 is 13.5 Å². The highest BCUT2D eigenvalue weighted by Crippen LogP contribution is 2.31. The van der Waals surface area contributed by atoms with Gasteiger partial charge < -0.3 is 30.4 Å². The number of anilines is 2. The topological polar surface area (TPSA) is 125 Å². The van der Waals surface area contributed by atoms with Gasteiger partial charge in [0.2, 0.25) is 5.95 Å². The minimum absolute atomic E-state index is 0. The van der Waals surface area contributed by atoms with Crippen LogP contribution in [0.1, 0.15) is 31.9 Å². The molecule has 4 N–H and O–H groups in total. The second-order valence-electron chi connectivity index (χ2n) is 5.87. The van der Waals surface area contributed by atoms with Gasteiger partial charge in [-0.2, -0.15) is 18.5 Å². The molecule has 0 saturated heterocycles. The third kappa shape index (κ3) is 6.31. The van der Waals surface area contributed by atoms with Crippen LogP contribution < -0.4 is 25.3 Å². The van der Waals surface area contributed by atoms with Gasteiger partial charge in [-0.15, -0.1) is 0 Å². The van der Waals surface area contributed by atoms with Crippen LogP contribution in [0.2, 0.25) is 0 Å². The molecule has 2 heterocycles. The maximum absolute atomic E-state index is 9.26. The van der Waals surface area contributed by atoms with Crippen LogP contribution in [0, 0.1) is 0 Å². The average molecular weight is 412 g/mol. The molecule has 0 saturated carbocycles. The molecule has 10 heteroatoms. The first kappa shape index (κ1) is 23.6. The van der Waals surface area contributed by atoms with E-state index in [-0.39, 0.29) is 38.7 Å². The number of pyridine rings is 1. The summed E-state index contributed by atoms with van der Waals surface area (Å²) in [6.07, 6.45) is 5.59. The van der Waals surface area contributed by atoms with Crippen LogP contribution in [0.5, 0.6) is 17.2 Å². The number of nitrogens with two attached hydrogens (primary N) is 1. The predicted molar refractivity (Wildman–Crippen MR) is 113 cm³/mol. The van der Waals surface area contributed by atoms with Crippen molar-refractivity contribution < 1.29 is 19.3 Å². The van der Waals surface area contributed by atoms with Gasteiger partial charge in [0, 0.05) is 24.9 Å². The Bertz CT molecular complexity index is 729. The summed E-state index contributed by atoms with van der Waals surface area (Å²) in [5.74, 6) is 2.14. The van der Waals surface area contributed by atoms with Crippen molar-refractivity contribution in [3.05, 3.63) is 24.2 Å². The summed E-state index contributed by atoms with van der Waals surface area (Å²) in [6.45, 7) is 2.30. The van der Waals surface area contributed by atoms with E-state index in [0.29, 0.717) is 35.2 Å². The van der Waals surface area contributed by atoms with Gasteiger partial charge in [0.25, 0.3) is 0 Å². The molecule has 156 valence electrons. The minimum atomic E-state index is 0. The Balaban J connectivity index is 0.00000392. The standard InChI is InChI=1S/C18H27N5O4.H2S/c1-4-5-12(7-9-24)22-17-15(10-21-18(19)23-17)27-11-13-16(26-3)14(25-2)6-8-20-13;/h6,8,10,12,24H,4-5,7,9,11H2,1-3H3,(H3,19,21,22,23);1H2/t12-;/m0./s1. The van der Waals surface area contributed by atoms with E-state index in [9.17, 15) is 5.11 Å². The van der Waals surface area contributed by atoms with Gasteiger partial charge in [-0.1, -0.05) is 13.3 Å². The number of nitrogens with zero attached hydrogens (tertiary/aromatic N) is 3. The highest BCUT2D eigenvalue weighted by molar-refractivity contribution is 7.59. The zero-order valence-corrected chi connectivity index (χ0v) is 17.4. The molecule has 0 aliphatic heterocycles. The number of hydrogen-bond donors (Lipinski definition) is 3. The Morgan fingerprint density at radius 2 is 1.96 bits per heavy atom. The number of aromatic nitrogens is 3. The van der Waals surface area contributed by atoms with Crippen molar-refractivity contribution in [2.75, 3.05) is 31.9 Å². The van der Waals surface area contributed by atoms with E-state index in [2.05, 4.69) is 27.2 Å². The number of nitrogen functional groups attached to an aromatic ring is 1. The SMILES string of the molecule is CCC[C@@H](CCO)Nc1nc(N)ncc1OCc1nccc(OC)c1OC.S. The monoisotopic (exact) mass is 411 g/mol. The van der Waals surface area contributed by atoms with Crippen molar-refractivity contribution in [2.24, 2.45) is 0 Å². The molecule has 0 bridgehead atoms. The van der Waals surface area contributed by atoms with Crippen LogP contribution in [0.3, 0.4) is 0 Å². The molecule has 2 aromatic heterocycles. The Morgan fingerprint density at radius 3 is 2.61 bits per heavy atom. The normalized spacial score (nSPS) is 11.3. The second-order valence-corrected chi connectivity index (χ2v) is 5.87. The molecule has 0 fully saturated rings. The zero-order chi connectivity index (χ0) is 19.6. The molecule has 0 aromatic carbocycles. The van der Waals surface area contributed by atoms with Crippen molar-refractivity contribution in [1.29, 1.82) is 0 Å². The van der Waals surface area contributed by atoms with Crippen molar-refractivity contribution in [3.8, 4) is 17.2 Å². The molecule has 0 spiro atoms. The van der Waals surface area contributed by atoms with Crippen molar-refractivity contribution in [2.45, 2.75) is 38.8 Å². The first-order valence-corrected chi connectivity index (χ1v) is 8.81. The van der Waals surface area contributed by atoms with Crippen molar-refractivity contribution in [1.82, 2.24) is 15.0 Å². The molecule has 0 amide bonds. The van der Waals surface area contributed by atoms with Gasteiger partial charge in [-0.3, -0.25) is 4.98 Å². The summed E-state index contributed by atoms with van der Waals surface area (Å²) in [7, 11) is 3.11. The number of ether oxygens (including phenoxy) is 3. The van der Waals surface area contributed by atoms with Crippen LogP contribution in [-0.4, -0.2) is 46.9 Å². The first-order chi connectivity index (χ1) is 13.1. The van der Waals surface area contributed by atoms with E-state index >= 15 is 0 Å². The Hall–Kier alpha value is -2.46. The van der Waals surface area contributed by atoms with E-state index in [1.54, 1.807) is 26.5 Å². The molecule has 0 aliphatic carbocycles. The number of aliphatic hydroxyl groups is 1. The highest BCUT2D eigenvalue weighted by atomic mass is 32.1. The van der Waals surface area contributed by atoms with Gasteiger partial charge in [0.05, 0.1) is 20.4 Å². The highest BCUT2D eigenvalue weighted by Gasteiger charge is 2.16. The van der Waals surface area contributed by atoms with Crippen molar-refractivity contribution in [3.63, 3.8) is 0 Å². The summed E-state index contributed by atoms with van der Waals surface area (Å²) in [5, 5.41) is 12.5. The number of methoxy groups -OCH3 is 2. The summed E-state index contributed by atoms with van der Waals surface area (Å²) in [6, 6.07) is 1.77. The van der Waals surface area contributed by atoms with Crippen LogP contribution in [-0.2, 0) is 6.61 Å². The molecule has 0 radical (unpaired) electrons. The predicted octanol–water partition coefficient (Wildman–Crippen LogP) is 2.13. The fourth-order valence-electron chi connectivity index (χ4n) is 2.68. The van der Waals surface area contributed by atoms with E-state index in [1.165, 1.54) is 6.20 Å². The molecule has 2 rings (SSSR count). The maximum atomic E-state index is 9.26. The fourth-order valence-corrected chi connectivity index (χ4v) is 2.68. The van der Waals surface area contributed by atoms with E-state index in [0.717, 1.165) is 12.8 Å². The third-order valence-electron chi connectivity index (χ3n) is 3.96. The minimum Gasteiger partial charge on any atom is -0.493 e. The second kappa shape index (κ2) is 12.1. The van der Waals surface area contributed by atoms with Crippen LogP contribution in [0.25, 0.3) is 0 Å². The smallest absolute Gasteiger partial charge is 0.222 e. The van der Waals surface area contributed by atoms with E-state index < -0.39 is 0 Å². The lowest BCUT2D eigenvalue weighted by atomic mass is 10.1. The summed E-state index contributed by atoms with van der Waals surface area (Å²) in [5.41, 5.74) is 6.31. The summed E-state index contributed by atoms with van der Waals surface area (Å²) in [4.78, 5) is 12.5. The van der Waals surface area contributed by atoms with Gasteiger partial charge in [-0.05, 0) is 12.8 Å². The Labute approximate surface area is 172 Å². The quantitative estimate of drug-likeness (QED) is 0.510. The van der Waals surface area contributed by atoms with E-state index in [1.807, 2.05) is 0 Å². The molecule has 2 aromatic rings. The van der Waals surface area contributed by atoms with Gasteiger partial charge in [-0.25, -0.2) is 4.98 Å². The van der Waals surface area contributed by atoms with Gasteiger partial charge in [0.1, 0.15) is 12.3 Å². The number of hydrogen-bond acceptors (Lipinski definition) is 9. The molecule has 0 unspecified atom stereocenters. The van der Waals surface area contributed by atoms with E-state index in [4.69, 9.17) is 19.9 Å². The largest absolute Gasteiger partial charge is 0.493 e. The molecule has 0 aliphatic rings. The lowest BCUT2D eigenvalue weighted by Gasteiger charge is -2.20. The fraction of sp³-hybridized carbons (Fsp3) is 0.500. The molecular formula is C18H29N5O4S. The van der Waals surface area contributed by atoms with Gasteiger partial charge in [0.15, 0.2) is 23.1 Å². The lowest BCUT2D eigenvalue weighted by Crippen LogP contribution is -2.22. The first-order valence-electron chi connectivity index (χ1n) is 8.81. The number of nitrogens with one attached hydrogen (secondary N) is 1. The average Bonchev–Trinajstić information content (AvgIpc) is 2.67. The van der Waals surface area contributed by atoms with Crippen LogP contribution in [0.4, 0.5) is 11.8 Å². The maximum Gasteiger partial charge on any atom is 0.222 e. The van der Waals surface area contributed by atoms with Crippen molar-refractivity contribution >= 4 is 25.3 Å². The van der Waals surface area contributed by atoms with Gasteiger partial charge >= 0.3 is 0 Å². The number of aliphatic hydroxyl groups excluding tert-OH is 1. The van der Waals surface area contributed by atoms with Crippen LogP contribution in [0.15, 0.2) is 18.5 Å². The zero-order valence-electron chi connectivity index (χ0n) is 16.4. The molecule has 28 heavy (non-hydrogen) atoms.